The van der Waals surface area contributed by atoms with Gasteiger partial charge in [0.1, 0.15) is 18.0 Å². The van der Waals surface area contributed by atoms with Gasteiger partial charge in [-0.15, -0.1) is 0 Å². The summed E-state index contributed by atoms with van der Waals surface area (Å²) >= 11 is 0. The van der Waals surface area contributed by atoms with Gasteiger partial charge in [-0.05, 0) is 19.9 Å². The second kappa shape index (κ2) is 8.35. The largest absolute Gasteiger partial charge is 0.488 e. The van der Waals surface area contributed by atoms with Gasteiger partial charge in [0, 0.05) is 24.4 Å². The van der Waals surface area contributed by atoms with Crippen molar-refractivity contribution in [3.63, 3.8) is 0 Å². The fourth-order valence-electron chi connectivity index (χ4n) is 3.15. The molecule has 0 atom stereocenters. The highest BCUT2D eigenvalue weighted by molar-refractivity contribution is 5.79. The van der Waals surface area contributed by atoms with E-state index < -0.39 is 0 Å². The van der Waals surface area contributed by atoms with Crippen LogP contribution in [0, 0.1) is 0 Å². The zero-order valence-corrected chi connectivity index (χ0v) is 18.3. The van der Waals surface area contributed by atoms with Crippen LogP contribution in [0.5, 0.6) is 11.5 Å². The van der Waals surface area contributed by atoms with E-state index in [0.717, 1.165) is 23.7 Å². The number of rotatable bonds is 6. The van der Waals surface area contributed by atoms with Gasteiger partial charge in [0.25, 0.3) is 0 Å². The van der Waals surface area contributed by atoms with Crippen LogP contribution in [-0.4, -0.2) is 36.7 Å². The van der Waals surface area contributed by atoms with E-state index in [-0.39, 0.29) is 11.0 Å². The molecule has 1 aliphatic rings. The summed E-state index contributed by atoms with van der Waals surface area (Å²) in [5.74, 6) is 3.81. The number of ether oxygens (including phenoxy) is 2. The summed E-state index contributed by atoms with van der Waals surface area (Å²) in [6, 6.07) is 6.05. The molecular formula is C22H32N4O3. The fourth-order valence-corrected chi connectivity index (χ4v) is 3.15. The van der Waals surface area contributed by atoms with Crippen molar-refractivity contribution in [2.45, 2.75) is 58.6 Å². The molecule has 2 aromatic rings. The van der Waals surface area contributed by atoms with Crippen LogP contribution < -0.4 is 20.1 Å². The molecule has 7 nitrogen and oxygen atoms in total. The van der Waals surface area contributed by atoms with Gasteiger partial charge < -0.3 is 24.5 Å². The molecule has 0 aliphatic carbocycles. The first kappa shape index (κ1) is 21.0. The summed E-state index contributed by atoms with van der Waals surface area (Å²) in [7, 11) is 1.73. The lowest BCUT2D eigenvalue weighted by Crippen LogP contribution is -2.39. The lowest BCUT2D eigenvalue weighted by atomic mass is 9.94. The topological polar surface area (TPSA) is 80.9 Å². The minimum absolute atomic E-state index is 0.0565. The maximum atomic E-state index is 6.04. The number of guanidine groups is 1. The van der Waals surface area contributed by atoms with E-state index in [4.69, 9.17) is 13.9 Å². The average Bonchev–Trinajstić information content (AvgIpc) is 3.24. The summed E-state index contributed by atoms with van der Waals surface area (Å²) in [5.41, 5.74) is 0.955. The van der Waals surface area contributed by atoms with E-state index in [1.54, 1.807) is 13.2 Å². The van der Waals surface area contributed by atoms with Crippen LogP contribution in [0.3, 0.4) is 0 Å². The lowest BCUT2D eigenvalue weighted by Gasteiger charge is -2.18. The van der Waals surface area contributed by atoms with Gasteiger partial charge in [0.15, 0.2) is 17.5 Å². The van der Waals surface area contributed by atoms with Gasteiger partial charge in [-0.25, -0.2) is 4.98 Å². The van der Waals surface area contributed by atoms with Crippen LogP contribution in [0.2, 0.25) is 0 Å². The first-order valence-electron chi connectivity index (χ1n) is 10.0. The Morgan fingerprint density at radius 1 is 1.28 bits per heavy atom. The van der Waals surface area contributed by atoms with Gasteiger partial charge >= 0.3 is 0 Å². The highest BCUT2D eigenvalue weighted by atomic mass is 16.5. The second-order valence-electron chi connectivity index (χ2n) is 8.85. The van der Waals surface area contributed by atoms with Gasteiger partial charge in [-0.3, -0.25) is 4.99 Å². The molecule has 7 heteroatoms. The Labute approximate surface area is 172 Å². The van der Waals surface area contributed by atoms with E-state index in [1.165, 1.54) is 5.56 Å². The van der Waals surface area contributed by atoms with Crippen molar-refractivity contribution in [2.75, 3.05) is 20.2 Å². The molecule has 2 N–H and O–H groups in total. The highest BCUT2D eigenvalue weighted by Crippen LogP contribution is 2.41. The molecule has 0 bridgehead atoms. The number of aromatic nitrogens is 1. The smallest absolute Gasteiger partial charge is 0.213 e. The Hall–Kier alpha value is -2.70. The molecule has 2 heterocycles. The Bertz CT molecular complexity index is 865. The molecule has 1 aromatic heterocycles. The monoisotopic (exact) mass is 400 g/mol. The van der Waals surface area contributed by atoms with Crippen molar-refractivity contribution in [1.82, 2.24) is 15.6 Å². The third-order valence-corrected chi connectivity index (χ3v) is 4.63. The first-order chi connectivity index (χ1) is 13.7. The minimum Gasteiger partial charge on any atom is -0.488 e. The second-order valence-corrected chi connectivity index (χ2v) is 8.85. The highest BCUT2D eigenvalue weighted by Gasteiger charge is 2.32. The van der Waals surface area contributed by atoms with E-state index >= 15 is 0 Å². The van der Waals surface area contributed by atoms with Gasteiger partial charge in [0.2, 0.25) is 5.89 Å². The SMILES string of the molecule is CN=C(NCCOc1cccc2c1OC(C)(C)C2)NCc1ncc(C(C)(C)C)o1. The number of aliphatic imine (C=N–C) groups is 1. The number of para-hydroxylation sites is 1. The molecule has 1 aliphatic heterocycles. The Morgan fingerprint density at radius 2 is 2.07 bits per heavy atom. The number of hydrogen-bond acceptors (Lipinski definition) is 5. The molecule has 1 aromatic carbocycles. The zero-order chi connectivity index (χ0) is 21.1. The average molecular weight is 401 g/mol. The van der Waals surface area contributed by atoms with E-state index in [9.17, 15) is 0 Å². The first-order valence-corrected chi connectivity index (χ1v) is 10.0. The van der Waals surface area contributed by atoms with Crippen LogP contribution in [0.4, 0.5) is 0 Å². The Morgan fingerprint density at radius 3 is 2.76 bits per heavy atom. The van der Waals surface area contributed by atoms with Gasteiger partial charge in [-0.1, -0.05) is 32.9 Å². The Kier molecular flexibility index (Phi) is 6.05. The molecule has 0 fully saturated rings. The maximum Gasteiger partial charge on any atom is 0.213 e. The van der Waals surface area contributed by atoms with Crippen molar-refractivity contribution < 1.29 is 13.9 Å². The predicted molar refractivity (Wildman–Crippen MR) is 114 cm³/mol. The van der Waals surface area contributed by atoms with E-state index in [1.807, 2.05) is 12.1 Å². The standard InChI is InChI=1S/C22H32N4O3/c1-21(2,3)17-13-25-18(28-17)14-26-20(23-6)24-10-11-27-16-9-7-8-15-12-22(4,5)29-19(15)16/h7-9,13H,10-12,14H2,1-6H3,(H2,23,24,26). The number of nitrogens with zero attached hydrogens (tertiary/aromatic N) is 2. The molecule has 0 amide bonds. The maximum absolute atomic E-state index is 6.04. The predicted octanol–water partition coefficient (Wildman–Crippen LogP) is 3.43. The van der Waals surface area contributed by atoms with Crippen molar-refractivity contribution in [3.05, 3.63) is 41.6 Å². The number of oxazole rings is 1. The van der Waals surface area contributed by atoms with Gasteiger partial charge in [0.05, 0.1) is 19.3 Å². The van der Waals surface area contributed by atoms with Crippen LogP contribution in [-0.2, 0) is 18.4 Å². The van der Waals surface area contributed by atoms with Crippen molar-refractivity contribution in [1.29, 1.82) is 0 Å². The number of fused-ring (bicyclic) bond motifs is 1. The molecule has 0 saturated carbocycles. The van der Waals surface area contributed by atoms with E-state index in [0.29, 0.717) is 31.5 Å². The molecule has 0 unspecified atom stereocenters. The van der Waals surface area contributed by atoms with Crippen LogP contribution in [0.25, 0.3) is 0 Å². The van der Waals surface area contributed by atoms with Crippen LogP contribution >= 0.6 is 0 Å². The number of benzene rings is 1. The quantitative estimate of drug-likeness (QED) is 0.439. The third-order valence-electron chi connectivity index (χ3n) is 4.63. The lowest BCUT2D eigenvalue weighted by molar-refractivity contribution is 0.132. The minimum atomic E-state index is -0.182. The normalized spacial score (nSPS) is 15.6. The molecule has 0 spiro atoms. The third kappa shape index (κ3) is 5.43. The summed E-state index contributed by atoms with van der Waals surface area (Å²) < 4.78 is 17.8. The number of nitrogens with one attached hydrogen (secondary N) is 2. The molecular weight excluding hydrogens is 368 g/mol. The molecule has 158 valence electrons. The van der Waals surface area contributed by atoms with Gasteiger partial charge in [-0.2, -0.15) is 0 Å². The summed E-state index contributed by atoms with van der Waals surface area (Å²) in [5, 5.41) is 6.44. The summed E-state index contributed by atoms with van der Waals surface area (Å²) in [6.45, 7) is 12.0. The van der Waals surface area contributed by atoms with Crippen LogP contribution in [0.15, 0.2) is 33.8 Å². The molecule has 0 radical (unpaired) electrons. The molecule has 0 saturated heterocycles. The molecule has 3 rings (SSSR count). The van der Waals surface area contributed by atoms with Crippen molar-refractivity contribution in [3.8, 4) is 11.5 Å². The zero-order valence-electron chi connectivity index (χ0n) is 18.3. The van der Waals surface area contributed by atoms with Crippen LogP contribution in [0.1, 0.15) is 51.8 Å². The summed E-state index contributed by atoms with van der Waals surface area (Å²) in [4.78, 5) is 8.54. The van der Waals surface area contributed by atoms with E-state index in [2.05, 4.69) is 61.3 Å². The van der Waals surface area contributed by atoms with Crippen molar-refractivity contribution in [2.24, 2.45) is 4.99 Å². The van der Waals surface area contributed by atoms with Crippen molar-refractivity contribution >= 4 is 5.96 Å². The number of hydrogen-bond donors (Lipinski definition) is 2. The fraction of sp³-hybridized carbons (Fsp3) is 0.545. The Balaban J connectivity index is 1.45. The molecule has 29 heavy (non-hydrogen) atoms. The summed E-state index contributed by atoms with van der Waals surface area (Å²) in [6.07, 6.45) is 2.68.